The van der Waals surface area contributed by atoms with Gasteiger partial charge >= 0.3 is 0 Å². The first-order valence-electron chi connectivity index (χ1n) is 8.34. The van der Waals surface area contributed by atoms with Gasteiger partial charge in [0.1, 0.15) is 0 Å². The summed E-state index contributed by atoms with van der Waals surface area (Å²) in [4.78, 5) is 6.77. The zero-order valence-electron chi connectivity index (χ0n) is 13.7. The molecule has 2 aromatic heterocycles. The van der Waals surface area contributed by atoms with Crippen LogP contribution in [0.4, 0.5) is 0 Å². The molecule has 1 fully saturated rings. The highest BCUT2D eigenvalue weighted by Gasteiger charge is 2.22. The molecule has 0 unspecified atom stereocenters. The molecule has 0 aliphatic heterocycles. The van der Waals surface area contributed by atoms with E-state index in [1.807, 2.05) is 24.1 Å². The van der Waals surface area contributed by atoms with Gasteiger partial charge in [0.05, 0.1) is 5.69 Å². The maximum absolute atomic E-state index is 4.50. The molecule has 1 aliphatic rings. The number of hydrogen-bond acceptors (Lipinski definition) is 3. The van der Waals surface area contributed by atoms with Crippen molar-refractivity contribution in [2.24, 2.45) is 7.05 Å². The highest BCUT2D eigenvalue weighted by molar-refractivity contribution is 5.16. The summed E-state index contributed by atoms with van der Waals surface area (Å²) in [5.41, 5.74) is 3.85. The Morgan fingerprint density at radius 1 is 1.14 bits per heavy atom. The van der Waals surface area contributed by atoms with Crippen LogP contribution in [0.15, 0.2) is 30.7 Å². The van der Waals surface area contributed by atoms with E-state index in [-0.39, 0.29) is 0 Å². The minimum Gasteiger partial charge on any atom is -0.292 e. The van der Waals surface area contributed by atoms with Crippen LogP contribution < -0.4 is 0 Å². The van der Waals surface area contributed by atoms with Crippen LogP contribution >= 0.6 is 0 Å². The minimum absolute atomic E-state index is 0.696. The van der Waals surface area contributed by atoms with Gasteiger partial charge in [-0.2, -0.15) is 5.10 Å². The van der Waals surface area contributed by atoms with Crippen molar-refractivity contribution in [1.29, 1.82) is 0 Å². The quantitative estimate of drug-likeness (QED) is 0.847. The Hall–Kier alpha value is -1.68. The van der Waals surface area contributed by atoms with Crippen molar-refractivity contribution in [2.45, 2.75) is 58.2 Å². The maximum Gasteiger partial charge on any atom is 0.0638 e. The van der Waals surface area contributed by atoms with E-state index in [0.29, 0.717) is 6.04 Å². The molecule has 2 aromatic rings. The Morgan fingerprint density at radius 2 is 1.86 bits per heavy atom. The second-order valence-corrected chi connectivity index (χ2v) is 6.47. The molecule has 0 atom stereocenters. The summed E-state index contributed by atoms with van der Waals surface area (Å²) in [5.74, 6) is 0. The molecule has 1 saturated carbocycles. The molecule has 0 spiro atoms. The van der Waals surface area contributed by atoms with Crippen LogP contribution in [0.1, 0.15) is 48.9 Å². The van der Waals surface area contributed by atoms with Gasteiger partial charge in [-0.15, -0.1) is 0 Å². The third-order valence-corrected chi connectivity index (χ3v) is 4.71. The Labute approximate surface area is 133 Å². The Kier molecular flexibility index (Phi) is 4.88. The number of hydrogen-bond donors (Lipinski definition) is 0. The molecule has 0 bridgehead atoms. The van der Waals surface area contributed by atoms with Gasteiger partial charge in [-0.05, 0) is 37.5 Å². The number of pyridine rings is 1. The minimum atomic E-state index is 0.696. The predicted molar refractivity (Wildman–Crippen MR) is 88.3 cm³/mol. The Morgan fingerprint density at radius 3 is 2.50 bits per heavy atom. The first-order valence-corrected chi connectivity index (χ1v) is 8.34. The molecule has 0 N–H and O–H groups in total. The average molecular weight is 298 g/mol. The lowest BCUT2D eigenvalue weighted by molar-refractivity contribution is 0.139. The van der Waals surface area contributed by atoms with Crippen LogP contribution in [0.25, 0.3) is 0 Å². The smallest absolute Gasteiger partial charge is 0.0638 e. The molecule has 0 amide bonds. The van der Waals surface area contributed by atoms with Gasteiger partial charge in [0.15, 0.2) is 0 Å². The lowest BCUT2D eigenvalue weighted by Gasteiger charge is -2.34. The SMILES string of the molecule is Cc1nn(C)cc1CN(Cc1ccncc1)C1CCCCC1. The predicted octanol–water partition coefficient (Wildman–Crippen LogP) is 3.46. The van der Waals surface area contributed by atoms with Crippen LogP contribution in [-0.4, -0.2) is 25.7 Å². The molecule has 118 valence electrons. The van der Waals surface area contributed by atoms with Crippen LogP contribution in [0, 0.1) is 6.92 Å². The maximum atomic E-state index is 4.50. The normalized spacial score (nSPS) is 16.3. The summed E-state index contributed by atoms with van der Waals surface area (Å²) in [6.07, 6.45) is 12.7. The van der Waals surface area contributed by atoms with Crippen molar-refractivity contribution < 1.29 is 0 Å². The molecule has 3 rings (SSSR count). The van der Waals surface area contributed by atoms with E-state index in [1.165, 1.54) is 43.2 Å². The number of rotatable bonds is 5. The molecular weight excluding hydrogens is 272 g/mol. The largest absolute Gasteiger partial charge is 0.292 e. The second-order valence-electron chi connectivity index (χ2n) is 6.47. The molecule has 0 saturated heterocycles. The third kappa shape index (κ3) is 3.74. The first-order chi connectivity index (χ1) is 10.7. The van der Waals surface area contributed by atoms with Crippen LogP contribution in [-0.2, 0) is 20.1 Å². The van der Waals surface area contributed by atoms with Crippen molar-refractivity contribution in [2.75, 3.05) is 0 Å². The van der Waals surface area contributed by atoms with Crippen molar-refractivity contribution in [3.63, 3.8) is 0 Å². The van der Waals surface area contributed by atoms with Crippen LogP contribution in [0.5, 0.6) is 0 Å². The van der Waals surface area contributed by atoms with Gasteiger partial charge in [-0.25, -0.2) is 0 Å². The third-order valence-electron chi connectivity index (χ3n) is 4.71. The van der Waals surface area contributed by atoms with E-state index in [4.69, 9.17) is 0 Å². The van der Waals surface area contributed by atoms with E-state index in [1.54, 1.807) is 0 Å². The summed E-state index contributed by atoms with van der Waals surface area (Å²) in [6.45, 7) is 4.11. The lowest BCUT2D eigenvalue weighted by Crippen LogP contribution is -2.36. The van der Waals surface area contributed by atoms with Crippen LogP contribution in [0.2, 0.25) is 0 Å². The van der Waals surface area contributed by atoms with Gasteiger partial charge in [0.25, 0.3) is 0 Å². The zero-order chi connectivity index (χ0) is 15.4. The topological polar surface area (TPSA) is 34.0 Å². The molecule has 4 nitrogen and oxygen atoms in total. The van der Waals surface area contributed by atoms with Gasteiger partial charge < -0.3 is 0 Å². The van der Waals surface area contributed by atoms with Crippen molar-refractivity contribution >= 4 is 0 Å². The summed E-state index contributed by atoms with van der Waals surface area (Å²) < 4.78 is 1.93. The molecule has 0 radical (unpaired) electrons. The van der Waals surface area contributed by atoms with E-state index < -0.39 is 0 Å². The standard InChI is InChI=1S/C18H26N4/c1-15-17(13-21(2)20-15)14-22(18-6-4-3-5-7-18)12-16-8-10-19-11-9-16/h8-11,13,18H,3-7,12,14H2,1-2H3. The number of nitrogens with zero attached hydrogens (tertiary/aromatic N) is 4. The first kappa shape index (κ1) is 15.2. The van der Waals surface area contributed by atoms with Crippen molar-refractivity contribution in [3.8, 4) is 0 Å². The fourth-order valence-corrected chi connectivity index (χ4v) is 3.51. The van der Waals surface area contributed by atoms with Crippen molar-refractivity contribution in [3.05, 3.63) is 47.5 Å². The highest BCUT2D eigenvalue weighted by atomic mass is 15.3. The summed E-state index contributed by atoms with van der Waals surface area (Å²) in [5, 5.41) is 4.50. The zero-order valence-corrected chi connectivity index (χ0v) is 13.7. The van der Waals surface area contributed by atoms with Gasteiger partial charge in [-0.3, -0.25) is 14.6 Å². The molecule has 4 heteroatoms. The molecule has 0 aromatic carbocycles. The van der Waals surface area contributed by atoms with Crippen molar-refractivity contribution in [1.82, 2.24) is 19.7 Å². The summed E-state index contributed by atoms with van der Waals surface area (Å²) >= 11 is 0. The number of aromatic nitrogens is 3. The highest BCUT2D eigenvalue weighted by Crippen LogP contribution is 2.26. The lowest BCUT2D eigenvalue weighted by atomic mass is 9.93. The second kappa shape index (κ2) is 7.05. The van der Waals surface area contributed by atoms with Gasteiger partial charge in [0, 0.05) is 50.3 Å². The Balaban J connectivity index is 1.77. The molecule has 22 heavy (non-hydrogen) atoms. The van der Waals surface area contributed by atoms with Gasteiger partial charge in [0.2, 0.25) is 0 Å². The molecular formula is C18H26N4. The van der Waals surface area contributed by atoms with E-state index in [9.17, 15) is 0 Å². The number of aryl methyl sites for hydroxylation is 2. The van der Waals surface area contributed by atoms with E-state index in [0.717, 1.165) is 18.8 Å². The average Bonchev–Trinajstić information content (AvgIpc) is 2.86. The summed E-state index contributed by atoms with van der Waals surface area (Å²) in [7, 11) is 2.00. The fourth-order valence-electron chi connectivity index (χ4n) is 3.51. The Bertz CT molecular complexity index is 584. The summed E-state index contributed by atoms with van der Waals surface area (Å²) in [6, 6.07) is 4.96. The molecule has 2 heterocycles. The van der Waals surface area contributed by atoms with E-state index >= 15 is 0 Å². The van der Waals surface area contributed by atoms with E-state index in [2.05, 4.69) is 40.2 Å². The molecule has 1 aliphatic carbocycles. The monoisotopic (exact) mass is 298 g/mol. The van der Waals surface area contributed by atoms with Crippen LogP contribution in [0.3, 0.4) is 0 Å². The van der Waals surface area contributed by atoms with Gasteiger partial charge in [-0.1, -0.05) is 19.3 Å². The fraction of sp³-hybridized carbons (Fsp3) is 0.556.